The number of aromatic nitrogens is 4. The van der Waals surface area contributed by atoms with Gasteiger partial charge in [0.2, 0.25) is 24.1 Å². The van der Waals surface area contributed by atoms with Crippen LogP contribution in [0.3, 0.4) is 0 Å². The minimum atomic E-state index is -4.59. The lowest BCUT2D eigenvalue weighted by molar-refractivity contribution is 0.255. The Bertz CT molecular complexity index is 1130. The number of nitrogens with zero attached hydrogens (tertiary/aromatic N) is 4. The lowest BCUT2D eigenvalue weighted by atomic mass is 10.1. The Morgan fingerprint density at radius 3 is 2.43 bits per heavy atom. The van der Waals surface area contributed by atoms with Gasteiger partial charge >= 0.3 is 16.3 Å². The molecule has 2 N–H and O–H groups in total. The number of carbonyl (C=O) groups excluding carboxylic acids is 1. The normalized spacial score (nSPS) is 10.9. The third-order valence-electron chi connectivity index (χ3n) is 3.54. The van der Waals surface area contributed by atoms with E-state index in [9.17, 15) is 13.2 Å². The van der Waals surface area contributed by atoms with Gasteiger partial charge in [0, 0.05) is 0 Å². The maximum atomic E-state index is 12.4. The van der Waals surface area contributed by atoms with Crippen LogP contribution in [0.2, 0.25) is 0 Å². The number of benzene rings is 1. The summed E-state index contributed by atoms with van der Waals surface area (Å²) in [4.78, 5) is 19.9. The van der Waals surface area contributed by atoms with Crippen LogP contribution in [-0.4, -0.2) is 48.8 Å². The molecule has 1 aromatic carbocycles. The van der Waals surface area contributed by atoms with Crippen molar-refractivity contribution in [3.05, 3.63) is 36.2 Å². The molecule has 2 heterocycles. The summed E-state index contributed by atoms with van der Waals surface area (Å²) in [5, 5.41) is 9.45. The van der Waals surface area contributed by atoms with Crippen molar-refractivity contribution in [1.29, 1.82) is 0 Å². The molecule has 2 aromatic heterocycles. The predicted octanol–water partition coefficient (Wildman–Crippen LogP) is 1.30. The van der Waals surface area contributed by atoms with Crippen LogP contribution in [-0.2, 0) is 10.3 Å². The second kappa shape index (κ2) is 8.60. The first-order chi connectivity index (χ1) is 14.3. The predicted molar refractivity (Wildman–Crippen MR) is 101 cm³/mol. The molecule has 0 radical (unpaired) electrons. The molecule has 3 aromatic rings. The topological polar surface area (TPSA) is 168 Å². The number of amides is 2. The average molecular weight is 436 g/mol. The zero-order valence-electron chi connectivity index (χ0n) is 15.9. The largest absolute Gasteiger partial charge is 0.481 e. The summed E-state index contributed by atoms with van der Waals surface area (Å²) in [5.74, 6) is -0.0892. The highest BCUT2D eigenvalue weighted by Crippen LogP contribution is 2.32. The molecule has 3 rings (SSSR count). The van der Waals surface area contributed by atoms with E-state index in [0.717, 1.165) is 6.39 Å². The Kier molecular flexibility index (Phi) is 5.96. The standard InChI is InChI=1S/C16H16N6O7S/c1-9-5-4-6-10(14-21-17-8-28-14)13(9)29-30(24,25)22-16(23)20-15-18-11(26-2)7-12(19-15)27-3/h4-8H,1-3H3,(H2,18,19,20,22,23). The van der Waals surface area contributed by atoms with Gasteiger partial charge in [0.25, 0.3) is 5.89 Å². The Hall–Kier alpha value is -3.94. The summed E-state index contributed by atoms with van der Waals surface area (Å²) in [6, 6.07) is 5.00. The number of carbonyl (C=O) groups is 1. The number of aryl methyl sites for hydroxylation is 1. The molecule has 0 aliphatic rings. The second-order valence-electron chi connectivity index (χ2n) is 5.57. The van der Waals surface area contributed by atoms with Crippen LogP contribution < -0.4 is 23.7 Å². The minimum absolute atomic E-state index is 0.0465. The summed E-state index contributed by atoms with van der Waals surface area (Å²) >= 11 is 0. The quantitative estimate of drug-likeness (QED) is 0.547. The highest BCUT2D eigenvalue weighted by Gasteiger charge is 2.23. The van der Waals surface area contributed by atoms with Gasteiger partial charge in [-0.15, -0.1) is 10.2 Å². The molecule has 0 aliphatic heterocycles. The van der Waals surface area contributed by atoms with Crippen molar-refractivity contribution in [3.63, 3.8) is 0 Å². The number of ether oxygens (including phenoxy) is 2. The molecule has 0 aliphatic carbocycles. The lowest BCUT2D eigenvalue weighted by Crippen LogP contribution is -2.37. The van der Waals surface area contributed by atoms with E-state index in [2.05, 4.69) is 25.5 Å². The second-order valence-corrected chi connectivity index (χ2v) is 6.84. The first-order valence-electron chi connectivity index (χ1n) is 8.17. The fourth-order valence-electron chi connectivity index (χ4n) is 2.26. The molecule has 0 spiro atoms. The Labute approximate surface area is 170 Å². The Morgan fingerprint density at radius 1 is 1.13 bits per heavy atom. The minimum Gasteiger partial charge on any atom is -0.481 e. The smallest absolute Gasteiger partial charge is 0.411 e. The van der Waals surface area contributed by atoms with Crippen LogP contribution in [0.1, 0.15) is 5.56 Å². The summed E-state index contributed by atoms with van der Waals surface area (Å²) in [7, 11) is -1.88. The SMILES string of the molecule is COc1cc(OC)nc(NC(=O)NS(=O)(=O)Oc2c(C)cccc2-c2nnco2)n1. The third-order valence-corrected chi connectivity index (χ3v) is 4.36. The van der Waals surface area contributed by atoms with Gasteiger partial charge in [-0.05, 0) is 18.6 Å². The number of hydrogen-bond donors (Lipinski definition) is 2. The summed E-state index contributed by atoms with van der Waals surface area (Å²) < 4.78 is 46.5. The zero-order chi connectivity index (χ0) is 21.7. The third kappa shape index (κ3) is 4.91. The Balaban J connectivity index is 1.77. The molecule has 13 nitrogen and oxygen atoms in total. The van der Waals surface area contributed by atoms with Gasteiger partial charge in [0.05, 0.1) is 25.8 Å². The molecule has 14 heteroatoms. The molecule has 0 atom stereocenters. The van der Waals surface area contributed by atoms with Crippen molar-refractivity contribution in [2.24, 2.45) is 0 Å². The number of rotatable bonds is 7. The maximum absolute atomic E-state index is 12.4. The Morgan fingerprint density at radius 2 is 1.83 bits per heavy atom. The molecule has 0 saturated heterocycles. The van der Waals surface area contributed by atoms with Crippen molar-refractivity contribution in [2.75, 3.05) is 19.5 Å². The summed E-state index contributed by atoms with van der Waals surface area (Å²) in [6.07, 6.45) is 1.09. The van der Waals surface area contributed by atoms with Crippen molar-refractivity contribution in [1.82, 2.24) is 24.9 Å². The van der Waals surface area contributed by atoms with Crippen LogP contribution in [0.4, 0.5) is 10.7 Å². The van der Waals surface area contributed by atoms with Crippen LogP contribution in [0, 0.1) is 6.92 Å². The molecular formula is C16H16N6O7S. The van der Waals surface area contributed by atoms with E-state index < -0.39 is 16.3 Å². The van der Waals surface area contributed by atoms with Crippen molar-refractivity contribution in [2.45, 2.75) is 6.92 Å². The van der Waals surface area contributed by atoms with E-state index >= 15 is 0 Å². The first kappa shape index (κ1) is 20.8. The molecule has 2 amide bonds. The summed E-state index contributed by atoms with van der Waals surface area (Å²) in [5.41, 5.74) is 0.691. The van der Waals surface area contributed by atoms with Gasteiger partial charge < -0.3 is 18.1 Å². The molecule has 158 valence electrons. The van der Waals surface area contributed by atoms with Gasteiger partial charge in [-0.3, -0.25) is 5.32 Å². The number of hydrogen-bond acceptors (Lipinski definition) is 11. The average Bonchev–Trinajstić information content (AvgIpc) is 3.23. The molecule has 0 fully saturated rings. The fraction of sp³-hybridized carbons (Fsp3) is 0.188. The fourth-order valence-corrected chi connectivity index (χ4v) is 3.02. The zero-order valence-corrected chi connectivity index (χ0v) is 16.8. The number of methoxy groups -OCH3 is 2. The molecule has 0 unspecified atom stereocenters. The van der Waals surface area contributed by atoms with Gasteiger partial charge in [0.1, 0.15) is 0 Å². The van der Waals surface area contributed by atoms with E-state index in [4.69, 9.17) is 18.1 Å². The maximum Gasteiger partial charge on any atom is 0.411 e. The van der Waals surface area contributed by atoms with Crippen molar-refractivity contribution >= 4 is 22.3 Å². The van der Waals surface area contributed by atoms with Gasteiger partial charge in [-0.1, -0.05) is 12.1 Å². The van der Waals surface area contributed by atoms with Crippen LogP contribution in [0.5, 0.6) is 17.5 Å². The van der Waals surface area contributed by atoms with E-state index in [0.29, 0.717) is 5.56 Å². The lowest BCUT2D eigenvalue weighted by Gasteiger charge is -2.13. The number of para-hydroxylation sites is 1. The molecule has 0 saturated carbocycles. The van der Waals surface area contributed by atoms with Gasteiger partial charge in [-0.2, -0.15) is 18.4 Å². The monoisotopic (exact) mass is 436 g/mol. The molecule has 30 heavy (non-hydrogen) atoms. The molecular weight excluding hydrogens is 420 g/mol. The molecule has 0 bridgehead atoms. The highest BCUT2D eigenvalue weighted by atomic mass is 32.2. The number of nitrogens with one attached hydrogen (secondary N) is 2. The van der Waals surface area contributed by atoms with Gasteiger partial charge in [-0.25, -0.2) is 9.52 Å². The van der Waals surface area contributed by atoms with E-state index in [1.807, 2.05) is 0 Å². The van der Waals surface area contributed by atoms with Crippen molar-refractivity contribution in [3.8, 4) is 29.0 Å². The van der Waals surface area contributed by atoms with E-state index in [1.165, 1.54) is 26.4 Å². The van der Waals surface area contributed by atoms with E-state index in [-0.39, 0.29) is 34.9 Å². The number of anilines is 1. The van der Waals surface area contributed by atoms with Crippen LogP contribution >= 0.6 is 0 Å². The van der Waals surface area contributed by atoms with E-state index in [1.54, 1.807) is 23.8 Å². The van der Waals surface area contributed by atoms with Crippen LogP contribution in [0.25, 0.3) is 11.5 Å². The van der Waals surface area contributed by atoms with Gasteiger partial charge in [0.15, 0.2) is 5.75 Å². The number of urea groups is 1. The summed E-state index contributed by atoms with van der Waals surface area (Å²) in [6.45, 7) is 1.61. The first-order valence-corrected chi connectivity index (χ1v) is 9.58. The van der Waals surface area contributed by atoms with Crippen LogP contribution in [0.15, 0.2) is 35.1 Å². The highest BCUT2D eigenvalue weighted by molar-refractivity contribution is 7.85. The van der Waals surface area contributed by atoms with Crippen molar-refractivity contribution < 1.29 is 31.3 Å².